The van der Waals surface area contributed by atoms with Gasteiger partial charge in [-0.05, 0) is 35.1 Å². The molecule has 0 nitrogen and oxygen atoms in total. The van der Waals surface area contributed by atoms with Crippen LogP contribution in [0.1, 0.15) is 11.8 Å². The first-order valence-corrected chi connectivity index (χ1v) is 5.88. The standard InChI is InChI=1S/C10H9IS/c1-2-8-10(11)7-5-3-4-6-9(7)12-8/h3-6H,2H2,1H3. The lowest BCUT2D eigenvalue weighted by atomic mass is 10.2. The van der Waals surface area contributed by atoms with Crippen molar-refractivity contribution < 1.29 is 0 Å². The molecule has 0 aliphatic heterocycles. The first-order valence-electron chi connectivity index (χ1n) is 3.99. The zero-order valence-corrected chi connectivity index (χ0v) is 9.78. The molecule has 0 saturated heterocycles. The van der Waals surface area contributed by atoms with Crippen LogP contribution in [-0.2, 0) is 6.42 Å². The number of aryl methyl sites for hydroxylation is 1. The average Bonchev–Trinajstić information content (AvgIpc) is 2.44. The minimum absolute atomic E-state index is 1.15. The van der Waals surface area contributed by atoms with E-state index >= 15 is 0 Å². The first kappa shape index (κ1) is 8.51. The zero-order chi connectivity index (χ0) is 8.55. The molecule has 0 atom stereocenters. The summed E-state index contributed by atoms with van der Waals surface area (Å²) in [4.78, 5) is 1.51. The van der Waals surface area contributed by atoms with Gasteiger partial charge >= 0.3 is 0 Å². The minimum atomic E-state index is 1.15. The Labute approximate surface area is 89.7 Å². The van der Waals surface area contributed by atoms with Crippen LogP contribution in [0, 0.1) is 3.57 Å². The van der Waals surface area contributed by atoms with Crippen LogP contribution in [0.25, 0.3) is 10.1 Å². The number of halogens is 1. The number of fused-ring (bicyclic) bond motifs is 1. The second-order valence-corrected chi connectivity index (χ2v) is 4.90. The molecular formula is C10H9IS. The van der Waals surface area contributed by atoms with E-state index in [2.05, 4.69) is 53.8 Å². The smallest absolute Gasteiger partial charge is 0.0356 e. The molecule has 0 radical (unpaired) electrons. The second-order valence-electron chi connectivity index (χ2n) is 2.69. The fourth-order valence-electron chi connectivity index (χ4n) is 1.29. The molecule has 0 N–H and O–H groups in total. The van der Waals surface area contributed by atoms with Gasteiger partial charge in [0.25, 0.3) is 0 Å². The fourth-order valence-corrected chi connectivity index (χ4v) is 3.69. The Bertz CT molecular complexity index is 403. The Morgan fingerprint density at radius 2 is 2.08 bits per heavy atom. The lowest BCUT2D eigenvalue weighted by molar-refractivity contribution is 1.18. The number of rotatable bonds is 1. The summed E-state index contributed by atoms with van der Waals surface area (Å²) in [5.74, 6) is 0. The van der Waals surface area contributed by atoms with E-state index < -0.39 is 0 Å². The quantitative estimate of drug-likeness (QED) is 0.694. The van der Waals surface area contributed by atoms with E-state index in [9.17, 15) is 0 Å². The molecule has 2 aromatic rings. The molecule has 12 heavy (non-hydrogen) atoms. The van der Waals surface area contributed by atoms with Gasteiger partial charge in [-0.3, -0.25) is 0 Å². The Morgan fingerprint density at radius 3 is 2.75 bits per heavy atom. The molecule has 2 rings (SSSR count). The van der Waals surface area contributed by atoms with Crippen molar-refractivity contribution >= 4 is 44.0 Å². The third kappa shape index (κ3) is 1.27. The molecule has 0 bridgehead atoms. The monoisotopic (exact) mass is 288 g/mol. The van der Waals surface area contributed by atoms with E-state index in [-0.39, 0.29) is 0 Å². The summed E-state index contributed by atoms with van der Waals surface area (Å²) in [7, 11) is 0. The van der Waals surface area contributed by atoms with Crippen LogP contribution in [0.4, 0.5) is 0 Å². The second kappa shape index (κ2) is 3.34. The number of benzene rings is 1. The lowest BCUT2D eigenvalue weighted by Gasteiger charge is -1.89. The summed E-state index contributed by atoms with van der Waals surface area (Å²) in [6.45, 7) is 2.22. The van der Waals surface area contributed by atoms with Gasteiger partial charge in [-0.25, -0.2) is 0 Å². The highest BCUT2D eigenvalue weighted by atomic mass is 127. The fraction of sp³-hybridized carbons (Fsp3) is 0.200. The van der Waals surface area contributed by atoms with Gasteiger partial charge < -0.3 is 0 Å². The van der Waals surface area contributed by atoms with Crippen LogP contribution in [-0.4, -0.2) is 0 Å². The van der Waals surface area contributed by atoms with Gasteiger partial charge in [-0.1, -0.05) is 25.1 Å². The molecule has 2 heteroatoms. The highest BCUT2D eigenvalue weighted by Gasteiger charge is 2.05. The molecule has 1 aromatic heterocycles. The molecule has 0 amide bonds. The Morgan fingerprint density at radius 1 is 1.33 bits per heavy atom. The highest BCUT2D eigenvalue weighted by molar-refractivity contribution is 14.1. The molecule has 1 heterocycles. The van der Waals surface area contributed by atoms with Crippen molar-refractivity contribution in [1.29, 1.82) is 0 Å². The van der Waals surface area contributed by atoms with Crippen molar-refractivity contribution in [3.05, 3.63) is 32.7 Å². The van der Waals surface area contributed by atoms with Crippen LogP contribution in [0.2, 0.25) is 0 Å². The van der Waals surface area contributed by atoms with Crippen molar-refractivity contribution in [2.75, 3.05) is 0 Å². The van der Waals surface area contributed by atoms with Crippen LogP contribution < -0.4 is 0 Å². The lowest BCUT2D eigenvalue weighted by Crippen LogP contribution is -1.74. The Balaban J connectivity index is 2.78. The minimum Gasteiger partial charge on any atom is -0.139 e. The predicted octanol–water partition coefficient (Wildman–Crippen LogP) is 4.07. The highest BCUT2D eigenvalue weighted by Crippen LogP contribution is 2.32. The summed E-state index contributed by atoms with van der Waals surface area (Å²) in [6.07, 6.45) is 1.15. The maximum atomic E-state index is 2.44. The third-order valence-corrected chi connectivity index (χ3v) is 4.84. The molecule has 62 valence electrons. The predicted molar refractivity (Wildman–Crippen MR) is 63.9 cm³/mol. The van der Waals surface area contributed by atoms with Crippen molar-refractivity contribution in [1.82, 2.24) is 0 Å². The molecule has 1 aromatic carbocycles. The van der Waals surface area contributed by atoms with Gasteiger partial charge in [0.15, 0.2) is 0 Å². The van der Waals surface area contributed by atoms with E-state index in [4.69, 9.17) is 0 Å². The summed E-state index contributed by atoms with van der Waals surface area (Å²) in [5, 5.41) is 1.42. The van der Waals surface area contributed by atoms with Gasteiger partial charge in [-0.15, -0.1) is 11.3 Å². The molecule has 0 spiro atoms. The average molecular weight is 288 g/mol. The van der Waals surface area contributed by atoms with Crippen LogP contribution in [0.15, 0.2) is 24.3 Å². The zero-order valence-electron chi connectivity index (χ0n) is 6.80. The summed E-state index contributed by atoms with van der Waals surface area (Å²) >= 11 is 4.36. The van der Waals surface area contributed by atoms with Gasteiger partial charge in [0.2, 0.25) is 0 Å². The topological polar surface area (TPSA) is 0 Å². The van der Waals surface area contributed by atoms with E-state index in [1.165, 1.54) is 18.5 Å². The SMILES string of the molecule is CCc1sc2ccccc2c1I. The van der Waals surface area contributed by atoms with Crippen molar-refractivity contribution in [3.8, 4) is 0 Å². The van der Waals surface area contributed by atoms with Crippen molar-refractivity contribution in [2.24, 2.45) is 0 Å². The van der Waals surface area contributed by atoms with Crippen molar-refractivity contribution in [2.45, 2.75) is 13.3 Å². The number of hydrogen-bond donors (Lipinski definition) is 0. The number of hydrogen-bond acceptors (Lipinski definition) is 1. The largest absolute Gasteiger partial charge is 0.139 e. The van der Waals surface area contributed by atoms with Crippen LogP contribution in [0.5, 0.6) is 0 Å². The first-order chi connectivity index (χ1) is 5.83. The molecule has 0 saturated carbocycles. The van der Waals surface area contributed by atoms with E-state index in [1.807, 2.05) is 11.3 Å². The summed E-state index contributed by atoms with van der Waals surface area (Å²) in [6, 6.07) is 8.61. The third-order valence-electron chi connectivity index (χ3n) is 1.92. The van der Waals surface area contributed by atoms with Crippen LogP contribution >= 0.6 is 33.9 Å². The molecule has 0 aliphatic carbocycles. The maximum Gasteiger partial charge on any atom is 0.0356 e. The van der Waals surface area contributed by atoms with Crippen molar-refractivity contribution in [3.63, 3.8) is 0 Å². The molecule has 0 fully saturated rings. The van der Waals surface area contributed by atoms with E-state index in [0.29, 0.717) is 0 Å². The number of thiophene rings is 1. The van der Waals surface area contributed by atoms with Gasteiger partial charge in [0.05, 0.1) is 0 Å². The Kier molecular flexibility index (Phi) is 2.37. The van der Waals surface area contributed by atoms with E-state index in [1.54, 1.807) is 0 Å². The van der Waals surface area contributed by atoms with Gasteiger partial charge in [-0.2, -0.15) is 0 Å². The van der Waals surface area contributed by atoms with Gasteiger partial charge in [0.1, 0.15) is 0 Å². The molecule has 0 unspecified atom stereocenters. The summed E-state index contributed by atoms with van der Waals surface area (Å²) < 4.78 is 2.86. The van der Waals surface area contributed by atoms with E-state index in [0.717, 1.165) is 6.42 Å². The molecular weight excluding hydrogens is 279 g/mol. The van der Waals surface area contributed by atoms with Crippen LogP contribution in [0.3, 0.4) is 0 Å². The molecule has 0 aliphatic rings. The summed E-state index contributed by atoms with van der Waals surface area (Å²) in [5.41, 5.74) is 0. The maximum absolute atomic E-state index is 2.44. The normalized spacial score (nSPS) is 10.8. The Hall–Kier alpha value is -0.0900. The van der Waals surface area contributed by atoms with Gasteiger partial charge in [0, 0.05) is 18.5 Å².